The molecule has 18 heavy (non-hydrogen) atoms. The van der Waals surface area contributed by atoms with Gasteiger partial charge in [0.25, 0.3) is 0 Å². The smallest absolute Gasteiger partial charge is 0.127 e. The Morgan fingerprint density at radius 1 is 0.944 bits per heavy atom. The van der Waals surface area contributed by atoms with Crippen molar-refractivity contribution in [1.29, 1.82) is 0 Å². The van der Waals surface area contributed by atoms with Crippen LogP contribution in [0.1, 0.15) is 20.3 Å². The van der Waals surface area contributed by atoms with E-state index in [-0.39, 0.29) is 6.10 Å². The topological polar surface area (TPSA) is 18.5 Å². The first kappa shape index (κ1) is 12.5. The van der Waals surface area contributed by atoms with Crippen molar-refractivity contribution >= 4 is 0 Å². The molecular weight excluding hydrogens is 224 g/mol. The molecule has 0 saturated carbocycles. The Balaban J connectivity index is 2.00. The standard InChI is InChI=1S/C16H17O2/c1-3-13(2)17-15-9-11-16(12-10-15)18-14-7-5-4-6-8-14/h5-13H,3H2,1-2H3. The Morgan fingerprint density at radius 3 is 2.11 bits per heavy atom. The summed E-state index contributed by atoms with van der Waals surface area (Å²) in [7, 11) is 0. The van der Waals surface area contributed by atoms with Gasteiger partial charge in [-0.15, -0.1) is 0 Å². The normalized spacial score (nSPS) is 11.9. The van der Waals surface area contributed by atoms with Gasteiger partial charge in [0.05, 0.1) is 6.10 Å². The van der Waals surface area contributed by atoms with Gasteiger partial charge in [-0.3, -0.25) is 0 Å². The van der Waals surface area contributed by atoms with Crippen LogP contribution in [0.15, 0.2) is 48.5 Å². The van der Waals surface area contributed by atoms with E-state index in [1.54, 1.807) is 0 Å². The van der Waals surface area contributed by atoms with Crippen LogP contribution >= 0.6 is 0 Å². The molecule has 2 aromatic carbocycles. The van der Waals surface area contributed by atoms with Crippen molar-refractivity contribution in [2.75, 3.05) is 0 Å². The molecule has 0 heterocycles. The predicted octanol–water partition coefficient (Wildman–Crippen LogP) is 4.46. The molecule has 0 aromatic heterocycles. The zero-order valence-electron chi connectivity index (χ0n) is 10.7. The number of ether oxygens (including phenoxy) is 2. The van der Waals surface area contributed by atoms with E-state index in [0.29, 0.717) is 0 Å². The fourth-order valence-corrected chi connectivity index (χ4v) is 1.48. The molecule has 0 N–H and O–H groups in total. The fourth-order valence-electron chi connectivity index (χ4n) is 1.48. The van der Waals surface area contributed by atoms with Crippen LogP contribution in [0.3, 0.4) is 0 Å². The Hall–Kier alpha value is -1.96. The molecule has 1 atom stereocenters. The van der Waals surface area contributed by atoms with Gasteiger partial charge in [-0.05, 0) is 55.8 Å². The Bertz CT molecular complexity index is 462. The molecule has 0 saturated heterocycles. The Morgan fingerprint density at radius 2 is 1.50 bits per heavy atom. The molecule has 0 aliphatic carbocycles. The summed E-state index contributed by atoms with van der Waals surface area (Å²) >= 11 is 0. The van der Waals surface area contributed by atoms with Crippen molar-refractivity contribution in [1.82, 2.24) is 0 Å². The molecule has 0 aliphatic rings. The molecule has 2 aromatic rings. The quantitative estimate of drug-likeness (QED) is 0.769. The van der Waals surface area contributed by atoms with Crippen LogP contribution in [0.2, 0.25) is 0 Å². The van der Waals surface area contributed by atoms with Gasteiger partial charge in [0.1, 0.15) is 17.2 Å². The monoisotopic (exact) mass is 241 g/mol. The van der Waals surface area contributed by atoms with Crippen molar-refractivity contribution < 1.29 is 9.47 Å². The summed E-state index contributed by atoms with van der Waals surface area (Å²) in [5.74, 6) is 2.49. The highest BCUT2D eigenvalue weighted by Gasteiger charge is 2.01. The Kier molecular flexibility index (Phi) is 4.24. The highest BCUT2D eigenvalue weighted by Crippen LogP contribution is 2.24. The minimum Gasteiger partial charge on any atom is -0.491 e. The van der Waals surface area contributed by atoms with Gasteiger partial charge >= 0.3 is 0 Å². The van der Waals surface area contributed by atoms with Crippen molar-refractivity contribution in [2.45, 2.75) is 26.4 Å². The average molecular weight is 241 g/mol. The molecule has 1 unspecified atom stereocenters. The lowest BCUT2D eigenvalue weighted by atomic mass is 10.3. The summed E-state index contributed by atoms with van der Waals surface area (Å²) in [6.07, 6.45) is 1.24. The van der Waals surface area contributed by atoms with Crippen LogP contribution in [0.25, 0.3) is 0 Å². The van der Waals surface area contributed by atoms with Crippen LogP contribution in [0.5, 0.6) is 17.2 Å². The number of benzene rings is 2. The lowest BCUT2D eigenvalue weighted by molar-refractivity contribution is 0.217. The van der Waals surface area contributed by atoms with E-state index < -0.39 is 0 Å². The molecule has 93 valence electrons. The van der Waals surface area contributed by atoms with E-state index in [4.69, 9.17) is 9.47 Å². The maximum atomic E-state index is 5.71. The second-order valence-electron chi connectivity index (χ2n) is 4.15. The van der Waals surface area contributed by atoms with Crippen LogP contribution in [0.4, 0.5) is 0 Å². The third-order valence-corrected chi connectivity index (χ3v) is 2.66. The zero-order valence-corrected chi connectivity index (χ0v) is 10.7. The summed E-state index contributed by atoms with van der Waals surface area (Å²) in [5, 5.41) is 0. The molecule has 0 amide bonds. The molecule has 0 fully saturated rings. The SMILES string of the molecule is CCC(C)Oc1ccc(Oc2cc[c]cc2)cc1. The van der Waals surface area contributed by atoms with Crippen LogP contribution in [-0.4, -0.2) is 6.10 Å². The van der Waals surface area contributed by atoms with E-state index in [1.807, 2.05) is 48.5 Å². The number of rotatable bonds is 5. The lowest BCUT2D eigenvalue weighted by Crippen LogP contribution is -2.09. The summed E-state index contributed by atoms with van der Waals surface area (Å²) in [6.45, 7) is 4.17. The van der Waals surface area contributed by atoms with Crippen molar-refractivity contribution in [3.05, 3.63) is 54.6 Å². The molecule has 0 bridgehead atoms. The second kappa shape index (κ2) is 6.10. The molecule has 0 aliphatic heterocycles. The molecule has 2 nitrogen and oxygen atoms in total. The molecule has 2 rings (SSSR count). The van der Waals surface area contributed by atoms with Crippen LogP contribution in [-0.2, 0) is 0 Å². The first-order chi connectivity index (χ1) is 8.78. The van der Waals surface area contributed by atoms with E-state index in [0.717, 1.165) is 23.7 Å². The predicted molar refractivity (Wildman–Crippen MR) is 72.2 cm³/mol. The maximum absolute atomic E-state index is 5.71. The van der Waals surface area contributed by atoms with Gasteiger partial charge in [-0.1, -0.05) is 19.1 Å². The molecule has 1 radical (unpaired) electrons. The zero-order chi connectivity index (χ0) is 12.8. The Labute approximate surface area is 108 Å². The van der Waals surface area contributed by atoms with Gasteiger partial charge < -0.3 is 9.47 Å². The summed E-state index contributed by atoms with van der Waals surface area (Å²) in [4.78, 5) is 0. The highest BCUT2D eigenvalue weighted by atomic mass is 16.5. The number of hydrogen-bond donors (Lipinski definition) is 0. The summed E-state index contributed by atoms with van der Waals surface area (Å²) < 4.78 is 11.4. The van der Waals surface area contributed by atoms with Crippen molar-refractivity contribution in [3.8, 4) is 17.2 Å². The second-order valence-corrected chi connectivity index (χ2v) is 4.15. The first-order valence-electron chi connectivity index (χ1n) is 6.18. The minimum atomic E-state index is 0.237. The van der Waals surface area contributed by atoms with Gasteiger partial charge in [0, 0.05) is 0 Å². The van der Waals surface area contributed by atoms with Crippen LogP contribution in [0, 0.1) is 6.07 Å². The lowest BCUT2D eigenvalue weighted by Gasteiger charge is -2.13. The van der Waals surface area contributed by atoms with Gasteiger partial charge in [0.15, 0.2) is 0 Å². The van der Waals surface area contributed by atoms with Crippen molar-refractivity contribution in [2.24, 2.45) is 0 Å². The van der Waals surface area contributed by atoms with Crippen LogP contribution < -0.4 is 9.47 Å². The van der Waals surface area contributed by atoms with Gasteiger partial charge in [0.2, 0.25) is 0 Å². The van der Waals surface area contributed by atoms with E-state index in [1.165, 1.54) is 0 Å². The summed E-state index contributed by atoms with van der Waals surface area (Å²) in [5.41, 5.74) is 0. The number of hydrogen-bond acceptors (Lipinski definition) is 2. The average Bonchev–Trinajstić information content (AvgIpc) is 2.42. The molecular formula is C16H17O2. The molecule has 2 heteroatoms. The van der Waals surface area contributed by atoms with E-state index >= 15 is 0 Å². The fraction of sp³-hybridized carbons (Fsp3) is 0.250. The first-order valence-corrected chi connectivity index (χ1v) is 6.18. The van der Waals surface area contributed by atoms with E-state index in [2.05, 4.69) is 19.9 Å². The molecule has 0 spiro atoms. The maximum Gasteiger partial charge on any atom is 0.127 e. The van der Waals surface area contributed by atoms with Gasteiger partial charge in [-0.25, -0.2) is 0 Å². The van der Waals surface area contributed by atoms with Gasteiger partial charge in [-0.2, -0.15) is 0 Å². The third-order valence-electron chi connectivity index (χ3n) is 2.66. The highest BCUT2D eigenvalue weighted by molar-refractivity contribution is 5.35. The van der Waals surface area contributed by atoms with E-state index in [9.17, 15) is 0 Å². The third kappa shape index (κ3) is 3.52. The largest absolute Gasteiger partial charge is 0.491 e. The van der Waals surface area contributed by atoms with Crippen molar-refractivity contribution in [3.63, 3.8) is 0 Å². The minimum absolute atomic E-state index is 0.237. The summed E-state index contributed by atoms with van der Waals surface area (Å²) in [6, 6.07) is 18.0.